The average Bonchev–Trinajstić information content (AvgIpc) is 2.23. The number of hydrogen-bond donors (Lipinski definition) is 3. The first-order valence-corrected chi connectivity index (χ1v) is 5.29. The van der Waals surface area contributed by atoms with E-state index in [1.165, 1.54) is 19.1 Å². The SMILES string of the molecule is CC(=O)c1ccc(O)c(CC(O)CCl)c1O. The van der Waals surface area contributed by atoms with Gasteiger partial charge < -0.3 is 15.3 Å². The molecule has 0 radical (unpaired) electrons. The Labute approximate surface area is 98.1 Å². The second-order valence-corrected chi connectivity index (χ2v) is 3.84. The fourth-order valence-corrected chi connectivity index (χ4v) is 1.51. The zero-order valence-electron chi connectivity index (χ0n) is 8.77. The Bertz CT molecular complexity index is 403. The van der Waals surface area contributed by atoms with E-state index in [2.05, 4.69) is 0 Å². The van der Waals surface area contributed by atoms with Crippen molar-refractivity contribution in [2.45, 2.75) is 19.4 Å². The molecule has 0 aliphatic heterocycles. The minimum Gasteiger partial charge on any atom is -0.508 e. The van der Waals surface area contributed by atoms with Crippen molar-refractivity contribution in [3.63, 3.8) is 0 Å². The summed E-state index contributed by atoms with van der Waals surface area (Å²) in [5, 5.41) is 28.6. The summed E-state index contributed by atoms with van der Waals surface area (Å²) < 4.78 is 0. The fraction of sp³-hybridized carbons (Fsp3) is 0.364. The molecule has 5 heteroatoms. The van der Waals surface area contributed by atoms with Crippen LogP contribution in [0.2, 0.25) is 0 Å². The molecule has 1 aromatic carbocycles. The number of ketones is 1. The van der Waals surface area contributed by atoms with Crippen molar-refractivity contribution in [3.8, 4) is 11.5 Å². The number of benzene rings is 1. The Morgan fingerprint density at radius 1 is 1.44 bits per heavy atom. The lowest BCUT2D eigenvalue weighted by Gasteiger charge is -2.12. The molecule has 0 aliphatic carbocycles. The highest BCUT2D eigenvalue weighted by molar-refractivity contribution is 6.18. The summed E-state index contributed by atoms with van der Waals surface area (Å²) in [6, 6.07) is 2.65. The molecular weight excluding hydrogens is 232 g/mol. The lowest BCUT2D eigenvalue weighted by atomic mass is 10.0. The number of phenols is 2. The Morgan fingerprint density at radius 2 is 2.06 bits per heavy atom. The monoisotopic (exact) mass is 244 g/mol. The van der Waals surface area contributed by atoms with Gasteiger partial charge in [0, 0.05) is 17.9 Å². The van der Waals surface area contributed by atoms with E-state index in [0.29, 0.717) is 0 Å². The molecule has 0 fully saturated rings. The maximum atomic E-state index is 11.2. The minimum absolute atomic E-state index is 0.00227. The molecule has 0 saturated heterocycles. The Morgan fingerprint density at radius 3 is 2.56 bits per heavy atom. The molecule has 3 N–H and O–H groups in total. The van der Waals surface area contributed by atoms with E-state index in [0.717, 1.165) is 0 Å². The van der Waals surface area contributed by atoms with Crippen molar-refractivity contribution in [3.05, 3.63) is 23.3 Å². The predicted molar refractivity (Wildman–Crippen MR) is 60.2 cm³/mol. The molecule has 1 rings (SSSR count). The lowest BCUT2D eigenvalue weighted by molar-refractivity contribution is 0.101. The second-order valence-electron chi connectivity index (χ2n) is 3.53. The van der Waals surface area contributed by atoms with Crippen molar-refractivity contribution in [2.24, 2.45) is 0 Å². The Kier molecular flexibility index (Phi) is 4.15. The maximum absolute atomic E-state index is 11.2. The number of rotatable bonds is 4. The summed E-state index contributed by atoms with van der Waals surface area (Å²) in [4.78, 5) is 11.2. The maximum Gasteiger partial charge on any atom is 0.163 e. The number of aliphatic hydroxyl groups is 1. The van der Waals surface area contributed by atoms with Gasteiger partial charge in [-0.05, 0) is 19.1 Å². The summed E-state index contributed by atoms with van der Waals surface area (Å²) in [6.07, 6.45) is -0.872. The van der Waals surface area contributed by atoms with Crippen LogP contribution < -0.4 is 0 Å². The molecule has 0 heterocycles. The lowest BCUT2D eigenvalue weighted by Crippen LogP contribution is -2.12. The summed E-state index contributed by atoms with van der Waals surface area (Å²) >= 11 is 5.43. The molecule has 1 aromatic rings. The van der Waals surface area contributed by atoms with Crippen molar-refractivity contribution in [1.29, 1.82) is 0 Å². The zero-order valence-corrected chi connectivity index (χ0v) is 9.53. The number of aliphatic hydroxyl groups excluding tert-OH is 1. The second kappa shape index (κ2) is 5.18. The molecular formula is C11H13ClO4. The molecule has 88 valence electrons. The molecule has 0 saturated carbocycles. The average molecular weight is 245 g/mol. The van der Waals surface area contributed by atoms with E-state index in [1.54, 1.807) is 0 Å². The summed E-state index contributed by atoms with van der Waals surface area (Å²) in [5.41, 5.74) is 0.260. The Hall–Kier alpha value is -1.26. The largest absolute Gasteiger partial charge is 0.508 e. The number of carbonyl (C=O) groups excluding carboxylic acids is 1. The number of hydrogen-bond acceptors (Lipinski definition) is 4. The molecule has 0 bridgehead atoms. The summed E-state index contributed by atoms with van der Waals surface area (Å²) in [7, 11) is 0. The smallest absolute Gasteiger partial charge is 0.163 e. The number of carbonyl (C=O) groups is 1. The van der Waals surface area contributed by atoms with Crippen molar-refractivity contribution in [2.75, 3.05) is 5.88 Å². The van der Waals surface area contributed by atoms with Gasteiger partial charge in [-0.1, -0.05) is 0 Å². The van der Waals surface area contributed by atoms with Crippen LogP contribution in [0, 0.1) is 0 Å². The van der Waals surface area contributed by atoms with Gasteiger partial charge in [0.25, 0.3) is 0 Å². The quantitative estimate of drug-likeness (QED) is 0.553. The van der Waals surface area contributed by atoms with Crippen LogP contribution in [0.25, 0.3) is 0 Å². The molecule has 1 unspecified atom stereocenters. The van der Waals surface area contributed by atoms with Gasteiger partial charge in [-0.2, -0.15) is 0 Å². The van der Waals surface area contributed by atoms with Gasteiger partial charge in [0.15, 0.2) is 5.78 Å². The molecule has 0 aromatic heterocycles. The van der Waals surface area contributed by atoms with E-state index in [1.807, 2.05) is 0 Å². The Balaban J connectivity index is 3.16. The topological polar surface area (TPSA) is 77.8 Å². The van der Waals surface area contributed by atoms with Gasteiger partial charge in [-0.25, -0.2) is 0 Å². The van der Waals surface area contributed by atoms with Gasteiger partial charge in [-0.15, -0.1) is 11.6 Å². The number of halogens is 1. The van der Waals surface area contributed by atoms with E-state index in [-0.39, 0.29) is 40.7 Å². The van der Waals surface area contributed by atoms with E-state index < -0.39 is 6.10 Å². The predicted octanol–water partition coefficient (Wildman–Crippen LogP) is 1.44. The highest BCUT2D eigenvalue weighted by Crippen LogP contribution is 2.32. The standard InChI is InChI=1S/C11H13ClO4/c1-6(13)8-2-3-10(15)9(11(8)16)4-7(14)5-12/h2-3,7,14-16H,4-5H2,1H3. The first-order chi connectivity index (χ1) is 7.47. The minimum atomic E-state index is -0.874. The van der Waals surface area contributed by atoms with Gasteiger partial charge in [-0.3, -0.25) is 4.79 Å². The van der Waals surface area contributed by atoms with Crippen LogP contribution >= 0.6 is 11.6 Å². The first kappa shape index (κ1) is 12.8. The van der Waals surface area contributed by atoms with Crippen LogP contribution in [-0.4, -0.2) is 33.1 Å². The third kappa shape index (κ3) is 2.65. The fourth-order valence-electron chi connectivity index (χ4n) is 1.40. The van der Waals surface area contributed by atoms with E-state index >= 15 is 0 Å². The number of Topliss-reactive ketones (excluding diaryl/α,β-unsaturated/α-hetero) is 1. The molecule has 0 spiro atoms. The van der Waals surface area contributed by atoms with Crippen LogP contribution in [0.3, 0.4) is 0 Å². The number of phenolic OH excluding ortho intramolecular Hbond substituents is 2. The number of alkyl halides is 1. The summed E-state index contributed by atoms with van der Waals surface area (Å²) in [5.74, 6) is -0.772. The number of aromatic hydroxyl groups is 2. The van der Waals surface area contributed by atoms with Crippen LogP contribution in [0.15, 0.2) is 12.1 Å². The highest BCUT2D eigenvalue weighted by atomic mass is 35.5. The van der Waals surface area contributed by atoms with Gasteiger partial charge in [0.1, 0.15) is 11.5 Å². The van der Waals surface area contributed by atoms with Gasteiger partial charge >= 0.3 is 0 Å². The molecule has 0 amide bonds. The third-order valence-corrected chi connectivity index (χ3v) is 2.61. The van der Waals surface area contributed by atoms with Crippen molar-refractivity contribution in [1.82, 2.24) is 0 Å². The molecule has 4 nitrogen and oxygen atoms in total. The van der Waals surface area contributed by atoms with E-state index in [4.69, 9.17) is 11.6 Å². The third-order valence-electron chi connectivity index (χ3n) is 2.26. The zero-order chi connectivity index (χ0) is 12.3. The molecule has 16 heavy (non-hydrogen) atoms. The summed E-state index contributed by atoms with van der Waals surface area (Å²) in [6.45, 7) is 1.31. The highest BCUT2D eigenvalue weighted by Gasteiger charge is 2.17. The van der Waals surface area contributed by atoms with E-state index in [9.17, 15) is 20.1 Å². The molecule has 0 aliphatic rings. The molecule has 1 atom stereocenters. The van der Waals surface area contributed by atoms with Gasteiger partial charge in [0.05, 0.1) is 11.7 Å². The van der Waals surface area contributed by atoms with Crippen LogP contribution in [-0.2, 0) is 6.42 Å². The normalized spacial score (nSPS) is 12.4. The van der Waals surface area contributed by atoms with Crippen molar-refractivity contribution >= 4 is 17.4 Å². The van der Waals surface area contributed by atoms with Crippen LogP contribution in [0.1, 0.15) is 22.8 Å². The first-order valence-electron chi connectivity index (χ1n) is 4.76. The van der Waals surface area contributed by atoms with Crippen LogP contribution in [0.5, 0.6) is 11.5 Å². The van der Waals surface area contributed by atoms with Gasteiger partial charge in [0.2, 0.25) is 0 Å². The van der Waals surface area contributed by atoms with Crippen LogP contribution in [0.4, 0.5) is 0 Å². The van der Waals surface area contributed by atoms with Crippen molar-refractivity contribution < 1.29 is 20.1 Å².